The normalized spacial score (nSPS) is 13.1. The summed E-state index contributed by atoms with van der Waals surface area (Å²) in [7, 11) is 0. The number of fused-ring (bicyclic) bond motifs is 1. The Hall–Kier alpha value is -5.57. The minimum Gasteiger partial charge on any atom is -0.507 e. The van der Waals surface area contributed by atoms with Gasteiger partial charge in [-0.1, -0.05) is 171 Å². The zero-order valence-electron chi connectivity index (χ0n) is 38.9. The summed E-state index contributed by atoms with van der Waals surface area (Å²) < 4.78 is 27.9. The molecular weight excluding hydrogens is 914 g/mol. The average Bonchev–Trinajstić information content (AvgIpc) is 3.62. The summed E-state index contributed by atoms with van der Waals surface area (Å²) in [6.07, 6.45) is 1.75. The summed E-state index contributed by atoms with van der Waals surface area (Å²) in [6, 6.07) is 48.2. The maximum Gasteiger partial charge on any atom is 0.148 e. The summed E-state index contributed by atoms with van der Waals surface area (Å²) in [6.45, 7) is 17.2. The first kappa shape index (κ1) is 38.6. The summed E-state index contributed by atoms with van der Waals surface area (Å²) in [4.78, 5) is 10.2. The number of para-hydroxylation sites is 1. The predicted molar refractivity (Wildman–Crippen MR) is 247 cm³/mol. The van der Waals surface area contributed by atoms with E-state index in [1.165, 1.54) is 5.56 Å². The monoisotopic (exact) mass is 970 g/mol. The number of aromatic nitrogens is 3. The number of phenols is 1. The van der Waals surface area contributed by atoms with Crippen molar-refractivity contribution in [1.82, 2.24) is 14.5 Å². The van der Waals surface area contributed by atoms with Crippen LogP contribution in [0.1, 0.15) is 88.7 Å². The van der Waals surface area contributed by atoms with Crippen molar-refractivity contribution >= 4 is 11.0 Å². The molecule has 0 amide bonds. The van der Waals surface area contributed by atoms with Gasteiger partial charge in [-0.15, -0.1) is 29.3 Å². The van der Waals surface area contributed by atoms with Crippen molar-refractivity contribution in [3.8, 4) is 67.5 Å². The molecule has 4 nitrogen and oxygen atoms in total. The molecule has 0 unspecified atom stereocenters. The molecule has 60 heavy (non-hydrogen) atoms. The minimum atomic E-state index is -2.41. The van der Waals surface area contributed by atoms with Crippen LogP contribution in [0.5, 0.6) is 5.75 Å². The van der Waals surface area contributed by atoms with E-state index in [1.807, 2.05) is 60.7 Å². The fraction of sp³-hybridized carbons (Fsp3) is 0.236. The van der Waals surface area contributed by atoms with Crippen LogP contribution in [0.15, 0.2) is 140 Å². The van der Waals surface area contributed by atoms with Crippen LogP contribution >= 0.6 is 0 Å². The Morgan fingerprint density at radius 2 is 1.23 bits per heavy atom. The van der Waals surface area contributed by atoms with E-state index in [-0.39, 0.29) is 48.6 Å². The molecule has 0 saturated carbocycles. The summed E-state index contributed by atoms with van der Waals surface area (Å²) in [5, 5.41) is 12.5. The van der Waals surface area contributed by atoms with Gasteiger partial charge in [-0.3, -0.25) is 9.55 Å². The Balaban J connectivity index is 0.00000595. The van der Waals surface area contributed by atoms with E-state index < -0.39 is 6.85 Å². The fourth-order valence-electron chi connectivity index (χ4n) is 7.84. The third-order valence-electron chi connectivity index (χ3n) is 11.2. The first-order valence-electron chi connectivity index (χ1n) is 21.9. The van der Waals surface area contributed by atoms with Gasteiger partial charge in [0, 0.05) is 48.2 Å². The number of pyridine rings is 1. The summed E-state index contributed by atoms with van der Waals surface area (Å²) in [5.74, 6) is 0.755. The van der Waals surface area contributed by atoms with E-state index in [0.29, 0.717) is 39.3 Å². The molecule has 2 heterocycles. The van der Waals surface area contributed by atoms with Crippen LogP contribution in [0.4, 0.5) is 0 Å². The van der Waals surface area contributed by atoms with Crippen LogP contribution in [0.3, 0.4) is 0 Å². The van der Waals surface area contributed by atoms with Crippen molar-refractivity contribution in [1.29, 1.82) is 0 Å². The predicted octanol–water partition coefficient (Wildman–Crippen LogP) is 14.5. The van der Waals surface area contributed by atoms with Crippen molar-refractivity contribution in [3.05, 3.63) is 168 Å². The zero-order valence-corrected chi connectivity index (χ0v) is 38.2. The van der Waals surface area contributed by atoms with Gasteiger partial charge in [0.25, 0.3) is 0 Å². The van der Waals surface area contributed by atoms with Crippen LogP contribution in [0.2, 0.25) is 0 Å². The number of rotatable bonds is 6. The van der Waals surface area contributed by atoms with E-state index in [1.54, 1.807) is 18.3 Å². The molecule has 2 aromatic heterocycles. The van der Waals surface area contributed by atoms with E-state index >= 15 is 0 Å². The smallest absolute Gasteiger partial charge is 0.148 e. The molecule has 1 N–H and O–H groups in total. The third kappa shape index (κ3) is 8.28. The molecule has 0 aliphatic carbocycles. The van der Waals surface area contributed by atoms with Crippen LogP contribution in [-0.4, -0.2) is 19.6 Å². The van der Waals surface area contributed by atoms with Gasteiger partial charge in [0.1, 0.15) is 11.6 Å². The Bertz CT molecular complexity index is 2950. The number of aryl methyl sites for hydroxylation is 1. The van der Waals surface area contributed by atoms with Gasteiger partial charge in [0.15, 0.2) is 0 Å². The third-order valence-corrected chi connectivity index (χ3v) is 11.2. The molecule has 5 heteroatoms. The first-order chi connectivity index (χ1) is 29.2. The number of phenolic OH excluding ortho intramolecular Hbond substituents is 1. The van der Waals surface area contributed by atoms with Crippen LogP contribution in [0, 0.1) is 12.9 Å². The Morgan fingerprint density at radius 3 is 1.88 bits per heavy atom. The molecule has 6 aromatic carbocycles. The molecule has 0 aliphatic rings. The molecule has 306 valence electrons. The number of aromatic hydroxyl groups is 1. The standard InChI is InChI=1S/C55H54N3O.Pt/c1-35-28-39(30-40(29-35)47-31-38(26-27-56-47)36-18-13-11-14-19-36)43-22-17-23-49-50(43)57-52(45-33-42(54(5,6)7)34-46(51(45)59)55(8,9)10)58(49)48-25-24-41(53(2,3)4)32-44(48)37-20-15-12-16-21-37;/h11-29,31-34,59H,1-10H3;/q-1;/i1D3;. The number of benzene rings is 6. The van der Waals surface area contributed by atoms with Gasteiger partial charge < -0.3 is 5.11 Å². The molecule has 8 aromatic rings. The van der Waals surface area contributed by atoms with Crippen LogP contribution < -0.4 is 0 Å². The van der Waals surface area contributed by atoms with Crippen molar-refractivity contribution in [2.45, 2.75) is 85.4 Å². The summed E-state index contributed by atoms with van der Waals surface area (Å²) in [5.41, 5.74) is 12.1. The largest absolute Gasteiger partial charge is 0.507 e. The number of imidazole rings is 1. The maximum absolute atomic E-state index is 12.5. The zero-order chi connectivity index (χ0) is 44.4. The molecule has 0 saturated heterocycles. The molecule has 0 aliphatic heterocycles. The van der Waals surface area contributed by atoms with E-state index in [9.17, 15) is 5.11 Å². The molecule has 0 radical (unpaired) electrons. The minimum absolute atomic E-state index is 0. The molecule has 0 fully saturated rings. The molecule has 0 spiro atoms. The van der Waals surface area contributed by atoms with Crippen molar-refractivity contribution in [2.75, 3.05) is 0 Å². The van der Waals surface area contributed by atoms with E-state index in [0.717, 1.165) is 44.6 Å². The first-order valence-corrected chi connectivity index (χ1v) is 20.4. The van der Waals surface area contributed by atoms with E-state index in [2.05, 4.69) is 134 Å². The Kier molecular flexibility index (Phi) is 10.4. The number of nitrogens with zero attached hydrogens (tertiary/aromatic N) is 3. The van der Waals surface area contributed by atoms with Gasteiger partial charge in [0.05, 0.1) is 22.3 Å². The second kappa shape index (κ2) is 16.1. The van der Waals surface area contributed by atoms with Gasteiger partial charge in [-0.2, -0.15) is 0 Å². The molecule has 0 bridgehead atoms. The van der Waals surface area contributed by atoms with Crippen LogP contribution in [0.25, 0.3) is 72.7 Å². The van der Waals surface area contributed by atoms with Crippen molar-refractivity contribution in [2.24, 2.45) is 0 Å². The van der Waals surface area contributed by atoms with Gasteiger partial charge in [-0.05, 0) is 74.4 Å². The van der Waals surface area contributed by atoms with Crippen LogP contribution in [-0.2, 0) is 37.3 Å². The molecular formula is C55H54N3OPt-. The quantitative estimate of drug-likeness (QED) is 0.169. The SMILES string of the molecule is [2H]C([2H])([2H])c1cc(-c2cc(-c3ccccc3)ccn2)[c-]c(-c2cccc3c2nc(-c2cc(C(C)(C)C)cc(C(C)(C)C)c2O)n3-c2ccc(C(C)(C)C)cc2-c2ccccc2)c1.[Pt]. The van der Waals surface area contributed by atoms with Gasteiger partial charge in [-0.25, -0.2) is 4.98 Å². The maximum atomic E-state index is 12.5. The van der Waals surface area contributed by atoms with E-state index in [4.69, 9.17) is 14.1 Å². The van der Waals surface area contributed by atoms with Gasteiger partial charge in [0.2, 0.25) is 0 Å². The van der Waals surface area contributed by atoms with Crippen molar-refractivity contribution < 1.29 is 30.3 Å². The fourth-order valence-corrected chi connectivity index (χ4v) is 7.84. The second-order valence-electron chi connectivity index (χ2n) is 18.7. The van der Waals surface area contributed by atoms with Crippen molar-refractivity contribution in [3.63, 3.8) is 0 Å². The Morgan fingerprint density at radius 1 is 0.583 bits per heavy atom. The number of hydrogen-bond acceptors (Lipinski definition) is 3. The van der Waals surface area contributed by atoms with Gasteiger partial charge >= 0.3 is 0 Å². The topological polar surface area (TPSA) is 50.9 Å². The Labute approximate surface area is 374 Å². The molecule has 0 atom stereocenters. The second-order valence-corrected chi connectivity index (χ2v) is 18.7. The molecule has 8 rings (SSSR count). The number of hydrogen-bond donors (Lipinski definition) is 1. The summed E-state index contributed by atoms with van der Waals surface area (Å²) >= 11 is 0. The average molecular weight is 971 g/mol.